The Morgan fingerprint density at radius 1 is 0.829 bits per heavy atom. The number of benzene rings is 2. The molecule has 9 heteroatoms. The van der Waals surface area contributed by atoms with Crippen LogP contribution < -0.4 is 10.6 Å². The lowest BCUT2D eigenvalue weighted by atomic mass is 9.85. The van der Waals surface area contributed by atoms with Gasteiger partial charge in [-0.2, -0.15) is 0 Å². The first kappa shape index (κ1) is 25.5. The summed E-state index contributed by atoms with van der Waals surface area (Å²) in [7, 11) is 0. The molecule has 184 valence electrons. The zero-order valence-electron chi connectivity index (χ0n) is 20.1. The molecule has 0 bridgehead atoms. The highest BCUT2D eigenvalue weighted by Gasteiger charge is 2.42. The minimum atomic E-state index is -1.40. The van der Waals surface area contributed by atoms with Crippen LogP contribution in [0.4, 0.5) is 5.69 Å². The number of esters is 3. The smallest absolute Gasteiger partial charge is 0.337 e. The van der Waals surface area contributed by atoms with Crippen LogP contribution in [0.3, 0.4) is 0 Å². The predicted octanol–water partition coefficient (Wildman–Crippen LogP) is 3.22. The summed E-state index contributed by atoms with van der Waals surface area (Å²) in [5.41, 5.74) is 1.09. The zero-order chi connectivity index (χ0) is 25.5. The molecule has 2 aromatic carbocycles. The molecule has 0 aromatic heterocycles. The summed E-state index contributed by atoms with van der Waals surface area (Å²) in [5.74, 6) is -4.45. The number of fused-ring (bicyclic) bond motifs is 1. The van der Waals surface area contributed by atoms with E-state index in [2.05, 4.69) is 10.6 Å². The Kier molecular flexibility index (Phi) is 8.25. The summed E-state index contributed by atoms with van der Waals surface area (Å²) in [6.45, 7) is 5.96. The molecule has 0 spiro atoms. The second-order valence-corrected chi connectivity index (χ2v) is 7.79. The lowest BCUT2D eigenvalue weighted by Crippen LogP contribution is -2.39. The van der Waals surface area contributed by atoms with Crippen LogP contribution >= 0.6 is 0 Å². The van der Waals surface area contributed by atoms with Crippen molar-refractivity contribution in [3.63, 3.8) is 0 Å². The molecule has 1 amide bonds. The van der Waals surface area contributed by atoms with Gasteiger partial charge in [-0.3, -0.25) is 9.59 Å². The van der Waals surface area contributed by atoms with Crippen LogP contribution in [-0.2, 0) is 33.4 Å². The molecule has 35 heavy (non-hydrogen) atoms. The Morgan fingerprint density at radius 3 is 1.97 bits per heavy atom. The summed E-state index contributed by atoms with van der Waals surface area (Å²) >= 11 is 0. The Labute approximate surface area is 203 Å². The number of nitrogens with one attached hydrogen (secondary N) is 2. The minimum absolute atomic E-state index is 0.0690. The number of ether oxygens (including phenoxy) is 3. The van der Waals surface area contributed by atoms with Crippen molar-refractivity contribution in [2.24, 2.45) is 5.92 Å². The molecule has 1 heterocycles. The number of anilines is 1. The number of hydrogen-bond donors (Lipinski definition) is 2. The van der Waals surface area contributed by atoms with Gasteiger partial charge in [0.2, 0.25) is 0 Å². The van der Waals surface area contributed by atoms with E-state index in [1.54, 1.807) is 39.8 Å². The van der Waals surface area contributed by atoms with Gasteiger partial charge < -0.3 is 24.8 Å². The van der Waals surface area contributed by atoms with Crippen molar-refractivity contribution in [1.82, 2.24) is 5.32 Å². The van der Waals surface area contributed by atoms with Crippen LogP contribution in [0.25, 0.3) is 10.8 Å². The summed E-state index contributed by atoms with van der Waals surface area (Å²) in [6, 6.07) is 13.1. The average Bonchev–Trinajstić information content (AvgIpc) is 2.82. The van der Waals surface area contributed by atoms with E-state index in [-0.39, 0.29) is 24.4 Å². The molecule has 1 aliphatic rings. The Hall–Kier alpha value is -4.14. The summed E-state index contributed by atoms with van der Waals surface area (Å²) < 4.78 is 15.4. The highest BCUT2D eigenvalue weighted by atomic mass is 16.5. The van der Waals surface area contributed by atoms with Gasteiger partial charge in [0.15, 0.2) is 6.61 Å². The molecule has 2 N–H and O–H groups in total. The van der Waals surface area contributed by atoms with Crippen molar-refractivity contribution in [2.75, 3.05) is 25.1 Å². The van der Waals surface area contributed by atoms with Gasteiger partial charge in [-0.25, -0.2) is 9.59 Å². The van der Waals surface area contributed by atoms with Crippen LogP contribution in [0.15, 0.2) is 65.0 Å². The predicted molar refractivity (Wildman–Crippen MR) is 129 cm³/mol. The van der Waals surface area contributed by atoms with Crippen molar-refractivity contribution in [1.29, 1.82) is 0 Å². The van der Waals surface area contributed by atoms with Crippen molar-refractivity contribution in [2.45, 2.75) is 27.7 Å². The maximum atomic E-state index is 13.1. The average molecular weight is 481 g/mol. The molecule has 2 aromatic rings. The molecule has 0 radical (unpaired) electrons. The van der Waals surface area contributed by atoms with E-state index >= 15 is 0 Å². The third kappa shape index (κ3) is 5.87. The number of allylic oxidation sites excluding steroid dienone is 2. The Morgan fingerprint density at radius 2 is 1.40 bits per heavy atom. The van der Waals surface area contributed by atoms with E-state index in [4.69, 9.17) is 14.2 Å². The van der Waals surface area contributed by atoms with Crippen LogP contribution in [0, 0.1) is 5.92 Å². The second-order valence-electron chi connectivity index (χ2n) is 7.79. The van der Waals surface area contributed by atoms with Crippen LogP contribution in [0.2, 0.25) is 0 Å². The number of dihydropyridines is 1. The number of hydrogen-bond acceptors (Lipinski definition) is 8. The largest absolute Gasteiger partial charge is 0.463 e. The van der Waals surface area contributed by atoms with Crippen molar-refractivity contribution in [3.8, 4) is 0 Å². The molecule has 9 nitrogen and oxygen atoms in total. The van der Waals surface area contributed by atoms with E-state index in [0.717, 1.165) is 10.8 Å². The molecule has 0 unspecified atom stereocenters. The fraction of sp³-hybridized carbons (Fsp3) is 0.308. The summed E-state index contributed by atoms with van der Waals surface area (Å²) in [5, 5.41) is 7.57. The quantitative estimate of drug-likeness (QED) is 0.437. The third-order valence-corrected chi connectivity index (χ3v) is 5.37. The summed E-state index contributed by atoms with van der Waals surface area (Å²) in [4.78, 5) is 51.0. The van der Waals surface area contributed by atoms with Crippen LogP contribution in [0.5, 0.6) is 0 Å². The highest BCUT2D eigenvalue weighted by molar-refractivity contribution is 6.06. The minimum Gasteiger partial charge on any atom is -0.463 e. The lowest BCUT2D eigenvalue weighted by molar-refractivity contribution is -0.153. The molecule has 0 fully saturated rings. The number of carbonyl (C=O) groups excluding carboxylic acids is 4. The lowest BCUT2D eigenvalue weighted by Gasteiger charge is -2.28. The molecule has 1 aliphatic heterocycles. The number of amides is 1. The van der Waals surface area contributed by atoms with E-state index in [0.29, 0.717) is 17.1 Å². The number of rotatable bonds is 8. The molecular formula is C26H28N2O7. The summed E-state index contributed by atoms with van der Waals surface area (Å²) in [6.07, 6.45) is 0. The van der Waals surface area contributed by atoms with Gasteiger partial charge >= 0.3 is 17.9 Å². The molecule has 0 aliphatic carbocycles. The van der Waals surface area contributed by atoms with E-state index in [1.165, 1.54) is 0 Å². The Bertz CT molecular complexity index is 1190. The topological polar surface area (TPSA) is 120 Å². The van der Waals surface area contributed by atoms with Crippen molar-refractivity contribution in [3.05, 3.63) is 65.0 Å². The van der Waals surface area contributed by atoms with Gasteiger partial charge in [0.25, 0.3) is 5.91 Å². The van der Waals surface area contributed by atoms with E-state index in [9.17, 15) is 19.2 Å². The molecular weight excluding hydrogens is 452 g/mol. The van der Waals surface area contributed by atoms with Crippen LogP contribution in [-0.4, -0.2) is 43.6 Å². The van der Waals surface area contributed by atoms with Gasteiger partial charge in [-0.15, -0.1) is 0 Å². The molecule has 0 saturated heterocycles. The van der Waals surface area contributed by atoms with Gasteiger partial charge in [-0.1, -0.05) is 30.3 Å². The van der Waals surface area contributed by atoms with Gasteiger partial charge in [0, 0.05) is 17.1 Å². The van der Waals surface area contributed by atoms with Crippen molar-refractivity contribution < 1.29 is 33.4 Å². The fourth-order valence-corrected chi connectivity index (χ4v) is 3.87. The van der Waals surface area contributed by atoms with Crippen molar-refractivity contribution >= 4 is 40.3 Å². The molecule has 0 saturated carbocycles. The maximum Gasteiger partial charge on any atom is 0.337 e. The first-order valence-electron chi connectivity index (χ1n) is 11.2. The molecule has 0 atom stereocenters. The number of carbonyl (C=O) groups is 4. The Balaban J connectivity index is 1.79. The first-order chi connectivity index (χ1) is 16.8. The zero-order valence-corrected chi connectivity index (χ0v) is 20.1. The third-order valence-electron chi connectivity index (χ3n) is 5.37. The normalized spacial score (nSPS) is 13.8. The molecule has 3 rings (SSSR count). The van der Waals surface area contributed by atoms with Crippen LogP contribution in [0.1, 0.15) is 27.7 Å². The van der Waals surface area contributed by atoms with Gasteiger partial charge in [0.1, 0.15) is 5.92 Å². The standard InChI is InChI=1S/C26H28N2O7/c1-5-33-24(30)21-15(3)27-16(4)22(25(31)34-6-2)23(21)26(32)35-14-20(29)28-19-12-11-17-9-7-8-10-18(17)13-19/h7-13,23,27H,5-6,14H2,1-4H3,(H,28,29). The maximum absolute atomic E-state index is 13.1. The van der Waals surface area contributed by atoms with Gasteiger partial charge in [-0.05, 0) is 50.6 Å². The highest BCUT2D eigenvalue weighted by Crippen LogP contribution is 2.32. The van der Waals surface area contributed by atoms with E-state index < -0.39 is 36.3 Å². The fourth-order valence-electron chi connectivity index (χ4n) is 3.87. The monoisotopic (exact) mass is 480 g/mol. The second kappa shape index (κ2) is 11.3. The first-order valence-corrected chi connectivity index (χ1v) is 11.2. The van der Waals surface area contributed by atoms with Gasteiger partial charge in [0.05, 0.1) is 24.4 Å². The SMILES string of the molecule is CCOC(=O)C1=C(C)NC(C)=C(C(=O)OCC)C1C(=O)OCC(=O)Nc1ccc2ccccc2c1. The van der Waals surface area contributed by atoms with E-state index in [1.807, 2.05) is 30.3 Å².